The van der Waals surface area contributed by atoms with Crippen molar-refractivity contribution in [1.29, 1.82) is 0 Å². The Hall–Kier alpha value is -3.34. The van der Waals surface area contributed by atoms with Gasteiger partial charge in [-0.2, -0.15) is 26.3 Å². The van der Waals surface area contributed by atoms with E-state index in [-0.39, 0.29) is 48.6 Å². The summed E-state index contributed by atoms with van der Waals surface area (Å²) in [6.07, 6.45) is -5.73. The lowest BCUT2D eigenvalue weighted by Crippen LogP contribution is -2.51. The van der Waals surface area contributed by atoms with Gasteiger partial charge >= 0.3 is 12.4 Å². The molecule has 2 N–H and O–H groups in total. The van der Waals surface area contributed by atoms with Crippen molar-refractivity contribution in [2.45, 2.75) is 63.3 Å². The number of ketones is 1. The number of aryl methyl sites for hydroxylation is 1. The number of rotatable bonds is 9. The number of aromatic nitrogens is 1. The molecule has 0 aliphatic carbocycles. The third-order valence-electron chi connectivity index (χ3n) is 8.54. The number of fused-ring (bicyclic) bond motifs is 4. The fourth-order valence-electron chi connectivity index (χ4n) is 6.12. The molecule has 3 saturated heterocycles. The monoisotopic (exact) mass is 579 g/mol. The molecule has 11 heteroatoms. The Balaban J connectivity index is 1.35. The molecule has 1 atom stereocenters. The number of piperidine rings is 3. The molecule has 3 aliphatic heterocycles. The van der Waals surface area contributed by atoms with Gasteiger partial charge in [-0.05, 0) is 86.1 Å². The minimum absolute atomic E-state index is 0.0700. The summed E-state index contributed by atoms with van der Waals surface area (Å²) in [7, 11) is 0. The summed E-state index contributed by atoms with van der Waals surface area (Å²) in [5.41, 5.74) is -1.57. The molecular formula is C30H31F6N3O2. The standard InChI is InChI=1S/C30H31F6N3O2/c31-29(32,33)21-13-19(14-22(16-21)30(34,35)36)5-6-26(40)25(15-20-18-37-24-4-2-1-3-23(20)24)38-27(41)17-28-7-10-39(11-8-28)12-9-28/h1-4,13-14,16,18,25,37H,5-12,15,17H2,(H,38,41)/t25-/m0/s1. The summed E-state index contributed by atoms with van der Waals surface area (Å²) in [6.45, 7) is 2.80. The molecule has 3 aromatic rings. The molecule has 2 aromatic carbocycles. The molecule has 3 fully saturated rings. The van der Waals surface area contributed by atoms with Gasteiger partial charge in [0.05, 0.1) is 17.2 Å². The average Bonchev–Trinajstić information content (AvgIpc) is 3.33. The normalized spacial score (nSPS) is 21.7. The largest absolute Gasteiger partial charge is 0.416 e. The van der Waals surface area contributed by atoms with Crippen LogP contribution in [0.3, 0.4) is 0 Å². The molecule has 1 aromatic heterocycles. The number of alkyl halides is 6. The lowest BCUT2D eigenvalue weighted by atomic mass is 9.69. The number of carbonyl (C=O) groups is 2. The van der Waals surface area contributed by atoms with E-state index in [0.29, 0.717) is 12.1 Å². The fourth-order valence-corrected chi connectivity index (χ4v) is 6.12. The Morgan fingerprint density at radius 3 is 2.15 bits per heavy atom. The number of nitrogens with one attached hydrogen (secondary N) is 2. The van der Waals surface area contributed by atoms with Crippen molar-refractivity contribution < 1.29 is 35.9 Å². The predicted molar refractivity (Wildman–Crippen MR) is 141 cm³/mol. The zero-order valence-corrected chi connectivity index (χ0v) is 22.3. The quantitative estimate of drug-likeness (QED) is 0.292. The van der Waals surface area contributed by atoms with Gasteiger partial charge in [-0.3, -0.25) is 9.59 Å². The van der Waals surface area contributed by atoms with Crippen molar-refractivity contribution in [3.05, 3.63) is 70.9 Å². The van der Waals surface area contributed by atoms with Gasteiger partial charge < -0.3 is 15.2 Å². The average molecular weight is 580 g/mol. The van der Waals surface area contributed by atoms with E-state index in [1.54, 1.807) is 6.20 Å². The maximum Gasteiger partial charge on any atom is 0.416 e. The molecule has 1 amide bonds. The number of hydrogen-bond acceptors (Lipinski definition) is 3. The highest BCUT2D eigenvalue weighted by Gasteiger charge is 2.41. The number of para-hydroxylation sites is 1. The first-order valence-corrected chi connectivity index (χ1v) is 13.7. The number of H-pyrrole nitrogens is 1. The number of nitrogens with zero attached hydrogens (tertiary/aromatic N) is 1. The van der Waals surface area contributed by atoms with Crippen LogP contribution in [0.25, 0.3) is 10.9 Å². The van der Waals surface area contributed by atoms with Crippen molar-refractivity contribution in [2.75, 3.05) is 19.6 Å². The van der Waals surface area contributed by atoms with Crippen LogP contribution in [0.2, 0.25) is 0 Å². The second-order valence-corrected chi connectivity index (χ2v) is 11.3. The van der Waals surface area contributed by atoms with Gasteiger partial charge in [0.2, 0.25) is 5.91 Å². The summed E-state index contributed by atoms with van der Waals surface area (Å²) in [5.74, 6) is -0.720. The Labute approximate surface area is 233 Å². The number of benzene rings is 2. The molecule has 0 unspecified atom stereocenters. The molecule has 0 spiro atoms. The molecule has 3 aliphatic rings. The van der Waals surface area contributed by atoms with Gasteiger partial charge in [0.1, 0.15) is 0 Å². The highest BCUT2D eigenvalue weighted by molar-refractivity contribution is 5.91. The molecule has 4 heterocycles. The number of aromatic amines is 1. The number of carbonyl (C=O) groups excluding carboxylic acids is 2. The SMILES string of the molecule is O=C(CC12CCN(CC1)CC2)N[C@@H](Cc1c[nH]c2ccccc12)C(=O)CCc1cc(C(F)(F)F)cc(C(F)(F)F)c1. The summed E-state index contributed by atoms with van der Waals surface area (Å²) >= 11 is 0. The first kappa shape index (κ1) is 29.2. The zero-order chi connectivity index (χ0) is 29.4. The van der Waals surface area contributed by atoms with E-state index < -0.39 is 35.3 Å². The second-order valence-electron chi connectivity index (χ2n) is 11.3. The Bertz CT molecular complexity index is 1370. The van der Waals surface area contributed by atoms with Gasteiger partial charge in [0.25, 0.3) is 0 Å². The molecule has 5 nitrogen and oxygen atoms in total. The van der Waals surface area contributed by atoms with E-state index in [9.17, 15) is 35.9 Å². The Morgan fingerprint density at radius 1 is 0.927 bits per heavy atom. The molecule has 0 radical (unpaired) electrons. The highest BCUT2D eigenvalue weighted by atomic mass is 19.4. The Morgan fingerprint density at radius 2 is 1.54 bits per heavy atom. The molecule has 220 valence electrons. The van der Waals surface area contributed by atoms with Crippen LogP contribution in [-0.2, 0) is 34.8 Å². The number of hydrogen-bond donors (Lipinski definition) is 2. The van der Waals surface area contributed by atoms with Gasteiger partial charge in [-0.25, -0.2) is 0 Å². The topological polar surface area (TPSA) is 65.2 Å². The van der Waals surface area contributed by atoms with E-state index in [1.165, 1.54) is 0 Å². The van der Waals surface area contributed by atoms with Gasteiger partial charge in [0, 0.05) is 36.4 Å². The smallest absolute Gasteiger partial charge is 0.361 e. The molecule has 0 saturated carbocycles. The minimum Gasteiger partial charge on any atom is -0.361 e. The van der Waals surface area contributed by atoms with Crippen LogP contribution in [0, 0.1) is 5.41 Å². The lowest BCUT2D eigenvalue weighted by Gasteiger charge is -2.48. The Kier molecular flexibility index (Phi) is 7.93. The van der Waals surface area contributed by atoms with Crippen LogP contribution in [-0.4, -0.2) is 47.3 Å². The van der Waals surface area contributed by atoms with E-state index in [4.69, 9.17) is 0 Å². The number of Topliss-reactive ketones (excluding diaryl/α,β-unsaturated/α-hetero) is 1. The highest BCUT2D eigenvalue weighted by Crippen LogP contribution is 2.43. The molecule has 2 bridgehead atoms. The van der Waals surface area contributed by atoms with E-state index in [0.717, 1.165) is 55.4 Å². The van der Waals surface area contributed by atoms with Crippen molar-refractivity contribution in [3.8, 4) is 0 Å². The summed E-state index contributed by atoms with van der Waals surface area (Å²) in [6, 6.07) is 7.82. The van der Waals surface area contributed by atoms with Gasteiger partial charge in [0.15, 0.2) is 5.78 Å². The maximum atomic E-state index is 13.5. The molecule has 41 heavy (non-hydrogen) atoms. The molecular weight excluding hydrogens is 548 g/mol. The summed E-state index contributed by atoms with van der Waals surface area (Å²) in [4.78, 5) is 32.2. The molecule has 6 rings (SSSR count). The number of halogens is 6. The van der Waals surface area contributed by atoms with Crippen molar-refractivity contribution in [3.63, 3.8) is 0 Å². The first-order chi connectivity index (χ1) is 19.3. The third kappa shape index (κ3) is 6.77. The fraction of sp³-hybridized carbons (Fsp3) is 0.467. The third-order valence-corrected chi connectivity index (χ3v) is 8.54. The summed E-state index contributed by atoms with van der Waals surface area (Å²) < 4.78 is 79.9. The van der Waals surface area contributed by atoms with Gasteiger partial charge in [-0.15, -0.1) is 0 Å². The zero-order valence-electron chi connectivity index (χ0n) is 22.3. The van der Waals surface area contributed by atoms with E-state index in [2.05, 4.69) is 15.2 Å². The van der Waals surface area contributed by atoms with Crippen LogP contribution in [0.5, 0.6) is 0 Å². The summed E-state index contributed by atoms with van der Waals surface area (Å²) in [5, 5.41) is 3.74. The predicted octanol–water partition coefficient (Wildman–Crippen LogP) is 6.31. The van der Waals surface area contributed by atoms with Crippen LogP contribution >= 0.6 is 0 Å². The second kappa shape index (κ2) is 11.2. The first-order valence-electron chi connectivity index (χ1n) is 13.7. The van der Waals surface area contributed by atoms with Crippen molar-refractivity contribution in [2.24, 2.45) is 5.41 Å². The van der Waals surface area contributed by atoms with Gasteiger partial charge in [-0.1, -0.05) is 18.2 Å². The van der Waals surface area contributed by atoms with E-state index in [1.807, 2.05) is 24.3 Å². The van der Waals surface area contributed by atoms with Crippen LogP contribution < -0.4 is 5.32 Å². The van der Waals surface area contributed by atoms with Crippen LogP contribution in [0.4, 0.5) is 26.3 Å². The van der Waals surface area contributed by atoms with E-state index >= 15 is 0 Å². The maximum absolute atomic E-state index is 13.5. The van der Waals surface area contributed by atoms with Crippen LogP contribution in [0.15, 0.2) is 48.7 Å². The lowest BCUT2D eigenvalue weighted by molar-refractivity contribution is -0.143. The number of amides is 1. The van der Waals surface area contributed by atoms with Crippen molar-refractivity contribution in [1.82, 2.24) is 15.2 Å². The van der Waals surface area contributed by atoms with Crippen LogP contribution in [0.1, 0.15) is 54.4 Å². The minimum atomic E-state index is -4.97. The van der Waals surface area contributed by atoms with Crippen molar-refractivity contribution >= 4 is 22.6 Å².